The van der Waals surface area contributed by atoms with Crippen molar-refractivity contribution in [2.75, 3.05) is 27.4 Å². The van der Waals surface area contributed by atoms with Gasteiger partial charge in [0.15, 0.2) is 18.1 Å². The second-order valence-electron chi connectivity index (χ2n) is 6.68. The maximum Gasteiger partial charge on any atom is 0.257 e. The monoisotopic (exact) mass is 385 g/mol. The average Bonchev–Trinajstić information content (AvgIpc) is 2.72. The predicted molar refractivity (Wildman–Crippen MR) is 111 cm³/mol. The van der Waals surface area contributed by atoms with Crippen LogP contribution in [0.15, 0.2) is 42.5 Å². The Morgan fingerprint density at radius 1 is 0.929 bits per heavy atom. The van der Waals surface area contributed by atoms with Crippen LogP contribution < -0.4 is 19.5 Å². The SMILES string of the molecule is CCCCNC(=O)COc1cccc(CCCc2ccc(OC)c(OC)c2)c1. The van der Waals surface area contributed by atoms with E-state index in [0.717, 1.165) is 49.4 Å². The van der Waals surface area contributed by atoms with Crippen molar-refractivity contribution < 1.29 is 19.0 Å². The number of rotatable bonds is 12. The summed E-state index contributed by atoms with van der Waals surface area (Å²) >= 11 is 0. The number of hydrogen-bond acceptors (Lipinski definition) is 4. The molecular formula is C23H31NO4. The van der Waals surface area contributed by atoms with Gasteiger partial charge < -0.3 is 19.5 Å². The van der Waals surface area contributed by atoms with Crippen LogP contribution >= 0.6 is 0 Å². The van der Waals surface area contributed by atoms with Gasteiger partial charge in [0.25, 0.3) is 5.91 Å². The van der Waals surface area contributed by atoms with E-state index in [-0.39, 0.29) is 12.5 Å². The van der Waals surface area contributed by atoms with Gasteiger partial charge in [0, 0.05) is 6.54 Å². The minimum atomic E-state index is -0.0766. The fraction of sp³-hybridized carbons (Fsp3) is 0.435. The summed E-state index contributed by atoms with van der Waals surface area (Å²) in [6.45, 7) is 2.85. The number of methoxy groups -OCH3 is 2. The number of carbonyl (C=O) groups is 1. The molecular weight excluding hydrogens is 354 g/mol. The molecule has 0 aromatic heterocycles. The largest absolute Gasteiger partial charge is 0.493 e. The van der Waals surface area contributed by atoms with Crippen molar-refractivity contribution >= 4 is 5.91 Å². The molecule has 0 atom stereocenters. The predicted octanol–water partition coefficient (Wildman–Crippen LogP) is 4.17. The summed E-state index contributed by atoms with van der Waals surface area (Å²) in [5, 5.41) is 2.86. The fourth-order valence-corrected chi connectivity index (χ4v) is 2.93. The standard InChI is InChI=1S/C23H31NO4/c1-4-5-14-24-23(25)17-28-20-11-7-10-18(15-20)8-6-9-19-12-13-21(26-2)22(16-19)27-3/h7,10-13,15-16H,4-6,8-9,14,17H2,1-3H3,(H,24,25). The molecule has 0 fully saturated rings. The van der Waals surface area contributed by atoms with Crippen LogP contribution in [0.2, 0.25) is 0 Å². The van der Waals surface area contributed by atoms with Crippen LogP contribution in [0.5, 0.6) is 17.2 Å². The van der Waals surface area contributed by atoms with Gasteiger partial charge in [-0.1, -0.05) is 31.5 Å². The quantitative estimate of drug-likeness (QED) is 0.557. The normalized spacial score (nSPS) is 10.4. The lowest BCUT2D eigenvalue weighted by atomic mass is 10.0. The summed E-state index contributed by atoms with van der Waals surface area (Å²) in [6, 6.07) is 14.0. The van der Waals surface area contributed by atoms with Crippen molar-refractivity contribution in [3.8, 4) is 17.2 Å². The first-order valence-corrected chi connectivity index (χ1v) is 9.85. The summed E-state index contributed by atoms with van der Waals surface area (Å²) < 4.78 is 16.3. The summed E-state index contributed by atoms with van der Waals surface area (Å²) in [5.41, 5.74) is 2.41. The summed E-state index contributed by atoms with van der Waals surface area (Å²) in [4.78, 5) is 11.7. The maximum atomic E-state index is 11.7. The molecule has 5 heteroatoms. The van der Waals surface area contributed by atoms with Crippen LogP contribution in [0.25, 0.3) is 0 Å². The lowest BCUT2D eigenvalue weighted by molar-refractivity contribution is -0.123. The van der Waals surface area contributed by atoms with Gasteiger partial charge in [-0.2, -0.15) is 0 Å². The molecule has 0 saturated carbocycles. The molecule has 1 N–H and O–H groups in total. The highest BCUT2D eigenvalue weighted by Gasteiger charge is 2.06. The molecule has 0 radical (unpaired) electrons. The lowest BCUT2D eigenvalue weighted by Crippen LogP contribution is -2.29. The number of hydrogen-bond donors (Lipinski definition) is 1. The van der Waals surface area contributed by atoms with Crippen molar-refractivity contribution in [1.82, 2.24) is 5.32 Å². The van der Waals surface area contributed by atoms with Gasteiger partial charge in [-0.15, -0.1) is 0 Å². The van der Waals surface area contributed by atoms with Gasteiger partial charge in [0.2, 0.25) is 0 Å². The second-order valence-corrected chi connectivity index (χ2v) is 6.68. The molecule has 1 amide bonds. The number of ether oxygens (including phenoxy) is 3. The third-order valence-corrected chi connectivity index (χ3v) is 4.50. The molecule has 0 bridgehead atoms. The van der Waals surface area contributed by atoms with Gasteiger partial charge in [0.05, 0.1) is 14.2 Å². The maximum absolute atomic E-state index is 11.7. The topological polar surface area (TPSA) is 56.8 Å². The first-order valence-electron chi connectivity index (χ1n) is 9.85. The summed E-state index contributed by atoms with van der Waals surface area (Å²) in [7, 11) is 3.29. The van der Waals surface area contributed by atoms with E-state index in [9.17, 15) is 4.79 Å². The van der Waals surface area contributed by atoms with Gasteiger partial charge in [-0.25, -0.2) is 0 Å². The Labute approximate surface area is 168 Å². The van der Waals surface area contributed by atoms with Crippen molar-refractivity contribution in [1.29, 1.82) is 0 Å². The Kier molecular flexibility index (Phi) is 9.19. The molecule has 0 spiro atoms. The zero-order valence-electron chi connectivity index (χ0n) is 17.1. The van der Waals surface area contributed by atoms with E-state index < -0.39 is 0 Å². The number of carbonyl (C=O) groups excluding carboxylic acids is 1. The van der Waals surface area contributed by atoms with Crippen molar-refractivity contribution in [2.45, 2.75) is 39.0 Å². The summed E-state index contributed by atoms with van der Waals surface area (Å²) in [5.74, 6) is 2.16. The molecule has 28 heavy (non-hydrogen) atoms. The van der Waals surface area contributed by atoms with Crippen molar-refractivity contribution in [3.05, 3.63) is 53.6 Å². The average molecular weight is 386 g/mol. The zero-order valence-corrected chi connectivity index (χ0v) is 17.1. The van der Waals surface area contributed by atoms with Gasteiger partial charge in [0.1, 0.15) is 5.75 Å². The Bertz CT molecular complexity index is 745. The molecule has 0 aliphatic heterocycles. The molecule has 0 saturated heterocycles. The van der Waals surface area contributed by atoms with Gasteiger partial charge >= 0.3 is 0 Å². The number of benzene rings is 2. The minimum Gasteiger partial charge on any atom is -0.493 e. The van der Waals surface area contributed by atoms with Crippen LogP contribution in [-0.2, 0) is 17.6 Å². The van der Waals surface area contributed by atoms with E-state index in [0.29, 0.717) is 6.54 Å². The molecule has 2 rings (SSSR count). The molecule has 0 heterocycles. The van der Waals surface area contributed by atoms with E-state index in [1.807, 2.05) is 30.3 Å². The fourth-order valence-electron chi connectivity index (χ4n) is 2.93. The van der Waals surface area contributed by atoms with E-state index in [1.165, 1.54) is 11.1 Å². The Balaban J connectivity index is 1.80. The highest BCUT2D eigenvalue weighted by atomic mass is 16.5. The van der Waals surface area contributed by atoms with Gasteiger partial charge in [-0.3, -0.25) is 4.79 Å². The van der Waals surface area contributed by atoms with Crippen LogP contribution in [-0.4, -0.2) is 33.3 Å². The van der Waals surface area contributed by atoms with E-state index in [1.54, 1.807) is 14.2 Å². The Morgan fingerprint density at radius 2 is 1.68 bits per heavy atom. The minimum absolute atomic E-state index is 0.0544. The molecule has 5 nitrogen and oxygen atoms in total. The van der Waals surface area contributed by atoms with Crippen LogP contribution in [0.1, 0.15) is 37.3 Å². The smallest absolute Gasteiger partial charge is 0.257 e. The zero-order chi connectivity index (χ0) is 20.2. The molecule has 0 aliphatic rings. The Hall–Kier alpha value is -2.69. The Morgan fingerprint density at radius 3 is 2.39 bits per heavy atom. The third kappa shape index (κ3) is 7.14. The van der Waals surface area contributed by atoms with E-state index in [4.69, 9.17) is 14.2 Å². The van der Waals surface area contributed by atoms with Crippen molar-refractivity contribution in [3.63, 3.8) is 0 Å². The molecule has 0 unspecified atom stereocenters. The lowest BCUT2D eigenvalue weighted by Gasteiger charge is -2.10. The van der Waals surface area contributed by atoms with Gasteiger partial charge in [-0.05, 0) is 61.1 Å². The van der Waals surface area contributed by atoms with Crippen LogP contribution in [0.4, 0.5) is 0 Å². The molecule has 2 aromatic rings. The highest BCUT2D eigenvalue weighted by Crippen LogP contribution is 2.28. The second kappa shape index (κ2) is 11.9. The summed E-state index contributed by atoms with van der Waals surface area (Å²) in [6.07, 6.45) is 4.95. The first kappa shape index (κ1) is 21.6. The highest BCUT2D eigenvalue weighted by molar-refractivity contribution is 5.77. The molecule has 2 aromatic carbocycles. The first-order chi connectivity index (χ1) is 13.7. The number of amides is 1. The van der Waals surface area contributed by atoms with E-state index >= 15 is 0 Å². The van der Waals surface area contributed by atoms with Crippen molar-refractivity contribution in [2.24, 2.45) is 0 Å². The molecule has 0 aliphatic carbocycles. The number of unbranched alkanes of at least 4 members (excludes halogenated alkanes) is 1. The van der Waals surface area contributed by atoms with Crippen LogP contribution in [0.3, 0.4) is 0 Å². The third-order valence-electron chi connectivity index (χ3n) is 4.50. The molecule has 152 valence electrons. The van der Waals surface area contributed by atoms with Crippen LogP contribution in [0, 0.1) is 0 Å². The number of nitrogens with one attached hydrogen (secondary N) is 1. The number of aryl methyl sites for hydroxylation is 2. The van der Waals surface area contributed by atoms with E-state index in [2.05, 4.69) is 24.4 Å².